The number of rotatable bonds is 6. The van der Waals surface area contributed by atoms with Crippen molar-refractivity contribution in [1.29, 1.82) is 0 Å². The summed E-state index contributed by atoms with van der Waals surface area (Å²) in [5, 5.41) is 3.23. The first kappa shape index (κ1) is 20.3. The molecule has 0 aliphatic rings. The Labute approximate surface area is 168 Å². The SMILES string of the molecule is Cc1sc2nc(SC(C)C(=O)Nc3ccccc3OC(F)F)nc(N)c2c1C. The summed E-state index contributed by atoms with van der Waals surface area (Å²) in [5.41, 5.74) is 7.29. The van der Waals surface area contributed by atoms with E-state index in [-0.39, 0.29) is 11.4 Å². The highest BCUT2D eigenvalue weighted by Crippen LogP contribution is 2.34. The molecule has 3 N–H and O–H groups in total. The number of para-hydroxylation sites is 2. The molecule has 0 aliphatic heterocycles. The number of nitrogen functional groups attached to an aromatic ring is 1. The van der Waals surface area contributed by atoms with Crippen LogP contribution in [0.3, 0.4) is 0 Å². The number of anilines is 2. The van der Waals surface area contributed by atoms with Crippen LogP contribution in [0.25, 0.3) is 10.2 Å². The molecule has 0 aliphatic carbocycles. The number of aromatic nitrogens is 2. The third kappa shape index (κ3) is 4.33. The first-order valence-corrected chi connectivity index (χ1v) is 10.0. The van der Waals surface area contributed by atoms with Crippen molar-refractivity contribution in [2.24, 2.45) is 0 Å². The summed E-state index contributed by atoms with van der Waals surface area (Å²) in [6.45, 7) is 2.65. The third-order valence-electron chi connectivity index (χ3n) is 4.05. The topological polar surface area (TPSA) is 90.1 Å². The van der Waals surface area contributed by atoms with E-state index in [2.05, 4.69) is 20.0 Å². The number of fused-ring (bicyclic) bond motifs is 1. The molecule has 0 radical (unpaired) electrons. The standard InChI is InChI=1S/C18H18F2N4O2S2/c1-8-9(2)27-16-13(8)14(21)23-18(24-16)28-10(3)15(25)22-11-6-4-5-7-12(11)26-17(19)20/h4-7,10,17H,1-3H3,(H,22,25)(H2,21,23,24). The lowest BCUT2D eigenvalue weighted by molar-refractivity contribution is -0.115. The minimum atomic E-state index is -2.98. The molecular weight excluding hydrogens is 406 g/mol. The molecule has 1 atom stereocenters. The van der Waals surface area contributed by atoms with Gasteiger partial charge in [0.25, 0.3) is 0 Å². The zero-order chi connectivity index (χ0) is 20.4. The van der Waals surface area contributed by atoms with Gasteiger partial charge in [-0.15, -0.1) is 11.3 Å². The fourth-order valence-electron chi connectivity index (χ4n) is 2.53. The molecule has 1 unspecified atom stereocenters. The van der Waals surface area contributed by atoms with Crippen molar-refractivity contribution in [2.45, 2.75) is 37.8 Å². The Morgan fingerprint density at radius 2 is 2.00 bits per heavy atom. The zero-order valence-corrected chi connectivity index (χ0v) is 17.0. The molecule has 2 aromatic heterocycles. The molecule has 3 rings (SSSR count). The van der Waals surface area contributed by atoms with Gasteiger partial charge in [0.2, 0.25) is 5.91 Å². The van der Waals surface area contributed by atoms with Crippen LogP contribution in [0.1, 0.15) is 17.4 Å². The van der Waals surface area contributed by atoms with E-state index < -0.39 is 17.8 Å². The Balaban J connectivity index is 1.76. The highest BCUT2D eigenvalue weighted by Gasteiger charge is 2.20. The lowest BCUT2D eigenvalue weighted by atomic mass is 10.2. The van der Waals surface area contributed by atoms with Gasteiger partial charge in [0, 0.05) is 4.88 Å². The molecule has 0 saturated carbocycles. The van der Waals surface area contributed by atoms with Gasteiger partial charge in [0.05, 0.1) is 16.3 Å². The normalized spacial score (nSPS) is 12.4. The molecule has 0 saturated heterocycles. The number of halogens is 2. The van der Waals surface area contributed by atoms with Crippen LogP contribution in [-0.2, 0) is 4.79 Å². The number of hydrogen-bond acceptors (Lipinski definition) is 7. The number of nitrogens with one attached hydrogen (secondary N) is 1. The van der Waals surface area contributed by atoms with Gasteiger partial charge in [0.1, 0.15) is 16.4 Å². The summed E-state index contributed by atoms with van der Waals surface area (Å²) >= 11 is 2.66. The Morgan fingerprint density at radius 1 is 1.29 bits per heavy atom. The van der Waals surface area contributed by atoms with Crippen LogP contribution < -0.4 is 15.8 Å². The first-order valence-electron chi connectivity index (χ1n) is 8.30. The molecule has 0 spiro atoms. The Kier molecular flexibility index (Phi) is 5.99. The zero-order valence-electron chi connectivity index (χ0n) is 15.3. The average Bonchev–Trinajstić information content (AvgIpc) is 2.90. The van der Waals surface area contributed by atoms with Gasteiger partial charge in [-0.25, -0.2) is 9.97 Å². The molecular formula is C18H18F2N4O2S2. The number of nitrogens with two attached hydrogens (primary N) is 1. The van der Waals surface area contributed by atoms with Crippen molar-refractivity contribution in [2.75, 3.05) is 11.1 Å². The summed E-state index contributed by atoms with van der Waals surface area (Å²) in [7, 11) is 0. The quantitative estimate of drug-likeness (QED) is 0.444. The van der Waals surface area contributed by atoms with Crippen LogP contribution in [0.5, 0.6) is 5.75 Å². The van der Waals surface area contributed by atoms with Gasteiger partial charge in [-0.2, -0.15) is 8.78 Å². The molecule has 6 nitrogen and oxygen atoms in total. The summed E-state index contributed by atoms with van der Waals surface area (Å²) in [6, 6.07) is 6.01. The van der Waals surface area contributed by atoms with E-state index in [4.69, 9.17) is 5.73 Å². The fourth-order valence-corrected chi connectivity index (χ4v) is 4.40. The number of carbonyl (C=O) groups is 1. The number of hydrogen-bond donors (Lipinski definition) is 2. The molecule has 0 bridgehead atoms. The largest absolute Gasteiger partial charge is 0.433 e. The maximum absolute atomic E-state index is 12.5. The fraction of sp³-hybridized carbons (Fsp3) is 0.278. The molecule has 2 heterocycles. The van der Waals surface area contributed by atoms with E-state index in [1.54, 1.807) is 19.1 Å². The van der Waals surface area contributed by atoms with Crippen molar-refractivity contribution in [3.8, 4) is 5.75 Å². The van der Waals surface area contributed by atoms with Crippen molar-refractivity contribution in [1.82, 2.24) is 9.97 Å². The number of ether oxygens (including phenoxy) is 1. The van der Waals surface area contributed by atoms with Crippen molar-refractivity contribution >= 4 is 50.7 Å². The van der Waals surface area contributed by atoms with Crippen LogP contribution in [0.2, 0.25) is 0 Å². The summed E-state index contributed by atoms with van der Waals surface area (Å²) < 4.78 is 29.5. The van der Waals surface area contributed by atoms with Crippen LogP contribution in [-0.4, -0.2) is 27.7 Å². The summed E-state index contributed by atoms with van der Waals surface area (Å²) in [4.78, 5) is 23.2. The number of carbonyl (C=O) groups excluding carboxylic acids is 1. The van der Waals surface area contributed by atoms with Gasteiger partial charge >= 0.3 is 6.61 Å². The highest BCUT2D eigenvalue weighted by atomic mass is 32.2. The number of thioether (sulfide) groups is 1. The molecule has 3 aromatic rings. The van der Waals surface area contributed by atoms with E-state index in [0.717, 1.165) is 32.4 Å². The molecule has 0 fully saturated rings. The van der Waals surface area contributed by atoms with E-state index in [1.807, 2.05) is 13.8 Å². The first-order chi connectivity index (χ1) is 13.3. The molecule has 28 heavy (non-hydrogen) atoms. The Bertz CT molecular complexity index is 1030. The van der Waals surface area contributed by atoms with Gasteiger partial charge in [0.15, 0.2) is 5.16 Å². The van der Waals surface area contributed by atoms with Gasteiger partial charge in [-0.3, -0.25) is 4.79 Å². The second-order valence-corrected chi connectivity index (χ2v) is 8.49. The van der Waals surface area contributed by atoms with Crippen molar-refractivity contribution in [3.63, 3.8) is 0 Å². The lowest BCUT2D eigenvalue weighted by Gasteiger charge is -2.14. The van der Waals surface area contributed by atoms with Gasteiger partial charge in [-0.05, 0) is 38.5 Å². The number of amides is 1. The number of nitrogens with zero attached hydrogens (tertiary/aromatic N) is 2. The molecule has 1 amide bonds. The third-order valence-corrected chi connectivity index (χ3v) is 6.11. The maximum Gasteiger partial charge on any atom is 0.387 e. The minimum absolute atomic E-state index is 0.102. The lowest BCUT2D eigenvalue weighted by Crippen LogP contribution is -2.23. The molecule has 1 aromatic carbocycles. The monoisotopic (exact) mass is 424 g/mol. The second-order valence-electron chi connectivity index (χ2n) is 5.98. The van der Waals surface area contributed by atoms with Gasteiger partial charge < -0.3 is 15.8 Å². The predicted octanol–water partition coefficient (Wildman–Crippen LogP) is 4.61. The summed E-state index contributed by atoms with van der Waals surface area (Å²) in [6.07, 6.45) is 0. The number of aryl methyl sites for hydroxylation is 2. The van der Waals surface area contributed by atoms with E-state index in [1.165, 1.54) is 23.5 Å². The van der Waals surface area contributed by atoms with Crippen LogP contribution in [0.15, 0.2) is 29.4 Å². The Morgan fingerprint density at radius 3 is 2.71 bits per heavy atom. The maximum atomic E-state index is 12.5. The van der Waals surface area contributed by atoms with E-state index >= 15 is 0 Å². The minimum Gasteiger partial charge on any atom is -0.433 e. The van der Waals surface area contributed by atoms with Crippen LogP contribution in [0.4, 0.5) is 20.3 Å². The summed E-state index contributed by atoms with van der Waals surface area (Å²) in [5.74, 6) is -0.122. The molecule has 148 valence electrons. The molecule has 10 heteroatoms. The van der Waals surface area contributed by atoms with E-state index in [0.29, 0.717) is 11.0 Å². The van der Waals surface area contributed by atoms with Crippen LogP contribution in [0, 0.1) is 13.8 Å². The average molecular weight is 424 g/mol. The van der Waals surface area contributed by atoms with E-state index in [9.17, 15) is 13.6 Å². The number of benzene rings is 1. The van der Waals surface area contributed by atoms with Gasteiger partial charge in [-0.1, -0.05) is 23.9 Å². The van der Waals surface area contributed by atoms with Crippen LogP contribution >= 0.6 is 23.1 Å². The second kappa shape index (κ2) is 8.27. The highest BCUT2D eigenvalue weighted by molar-refractivity contribution is 8.00. The van der Waals surface area contributed by atoms with Crippen molar-refractivity contribution < 1.29 is 18.3 Å². The smallest absolute Gasteiger partial charge is 0.387 e. The van der Waals surface area contributed by atoms with Crippen molar-refractivity contribution in [3.05, 3.63) is 34.7 Å². The number of thiophene rings is 1. The number of alkyl halides is 2. The predicted molar refractivity (Wildman–Crippen MR) is 108 cm³/mol. The Hall–Kier alpha value is -2.46.